The van der Waals surface area contributed by atoms with E-state index < -0.39 is 0 Å². The highest BCUT2D eigenvalue weighted by molar-refractivity contribution is 6.22. The maximum atomic E-state index is 6.49. The zero-order chi connectivity index (χ0) is 37.1. The molecular weight excluding hydrogens is 677 g/mol. The van der Waals surface area contributed by atoms with Gasteiger partial charge in [-0.3, -0.25) is 0 Å². The first-order valence-corrected chi connectivity index (χ1v) is 19.6. The summed E-state index contributed by atoms with van der Waals surface area (Å²) in [5.41, 5.74) is 14.6. The summed E-state index contributed by atoms with van der Waals surface area (Å²) >= 11 is 0. The molecule has 10 aromatic carbocycles. The van der Waals surface area contributed by atoms with Crippen LogP contribution in [0.15, 0.2) is 186 Å². The number of rotatable bonds is 3. The molecule has 1 aromatic heterocycles. The molecule has 0 saturated carbocycles. The third kappa shape index (κ3) is 4.37. The first-order chi connectivity index (χ1) is 27.5. The van der Waals surface area contributed by atoms with E-state index in [1.165, 1.54) is 109 Å². The van der Waals surface area contributed by atoms with Crippen LogP contribution in [0, 0.1) is 0 Å². The van der Waals surface area contributed by atoms with Crippen LogP contribution < -0.4 is 0 Å². The maximum Gasteiger partial charge on any atom is 0.135 e. The summed E-state index contributed by atoms with van der Waals surface area (Å²) in [6, 6.07) is 67.1. The average molecular weight is 713 g/mol. The van der Waals surface area contributed by atoms with Gasteiger partial charge in [-0.2, -0.15) is 0 Å². The maximum absolute atomic E-state index is 6.49. The van der Waals surface area contributed by atoms with Crippen molar-refractivity contribution in [1.29, 1.82) is 0 Å². The molecule has 56 heavy (non-hydrogen) atoms. The van der Waals surface area contributed by atoms with E-state index in [0.717, 1.165) is 11.2 Å². The van der Waals surface area contributed by atoms with E-state index in [1.807, 2.05) is 0 Å². The Morgan fingerprint density at radius 2 is 0.893 bits per heavy atom. The Labute approximate surface area is 325 Å². The van der Waals surface area contributed by atoms with E-state index >= 15 is 0 Å². The Morgan fingerprint density at radius 1 is 0.357 bits per heavy atom. The van der Waals surface area contributed by atoms with Crippen LogP contribution in [0.1, 0.15) is 25.0 Å². The van der Waals surface area contributed by atoms with Crippen LogP contribution in [-0.4, -0.2) is 0 Å². The lowest BCUT2D eigenvalue weighted by Gasteiger charge is -2.22. The van der Waals surface area contributed by atoms with Crippen molar-refractivity contribution in [2.75, 3.05) is 0 Å². The highest BCUT2D eigenvalue weighted by atomic mass is 16.3. The molecule has 0 saturated heterocycles. The quantitative estimate of drug-likeness (QED) is 0.131. The second-order valence-corrected chi connectivity index (χ2v) is 16.0. The predicted molar refractivity (Wildman–Crippen MR) is 238 cm³/mol. The molecule has 0 radical (unpaired) electrons. The number of furan rings is 1. The molecule has 262 valence electrons. The number of benzene rings is 10. The SMILES string of the molecule is CC1(C)c2ccccc2-c2ccc3oc4ccc(-c5ccc6c(ccc7cc(-c8c9ccccc9c(-c9ccccc9)c9ccccc89)ccc76)c5)cc4c3c21. The molecule has 1 aliphatic carbocycles. The summed E-state index contributed by atoms with van der Waals surface area (Å²) in [6.45, 7) is 4.70. The van der Waals surface area contributed by atoms with Crippen molar-refractivity contribution >= 4 is 65.0 Å². The molecule has 0 aliphatic heterocycles. The molecule has 1 heterocycles. The number of hydrogen-bond acceptors (Lipinski definition) is 1. The summed E-state index contributed by atoms with van der Waals surface area (Å²) in [7, 11) is 0. The monoisotopic (exact) mass is 712 g/mol. The van der Waals surface area contributed by atoms with Gasteiger partial charge in [-0.15, -0.1) is 0 Å². The van der Waals surface area contributed by atoms with Gasteiger partial charge in [0.25, 0.3) is 0 Å². The number of hydrogen-bond donors (Lipinski definition) is 0. The molecular formula is C55H36O. The summed E-state index contributed by atoms with van der Waals surface area (Å²) in [5, 5.41) is 12.5. The van der Waals surface area contributed by atoms with Crippen molar-refractivity contribution in [2.24, 2.45) is 0 Å². The average Bonchev–Trinajstić information content (AvgIpc) is 3.73. The smallest absolute Gasteiger partial charge is 0.135 e. The molecule has 0 atom stereocenters. The predicted octanol–water partition coefficient (Wildman–Crippen LogP) is 15.5. The minimum absolute atomic E-state index is 0.117. The minimum Gasteiger partial charge on any atom is -0.456 e. The van der Waals surface area contributed by atoms with Crippen molar-refractivity contribution in [1.82, 2.24) is 0 Å². The van der Waals surface area contributed by atoms with Crippen LogP contribution in [0.25, 0.3) is 110 Å². The lowest BCUT2D eigenvalue weighted by molar-refractivity contribution is 0.657. The van der Waals surface area contributed by atoms with Gasteiger partial charge in [0.05, 0.1) is 0 Å². The molecule has 0 fully saturated rings. The normalized spacial score (nSPS) is 13.3. The highest BCUT2D eigenvalue weighted by Gasteiger charge is 2.37. The molecule has 0 N–H and O–H groups in total. The molecule has 1 aliphatic rings. The third-order valence-electron chi connectivity index (χ3n) is 12.6. The Kier molecular flexibility index (Phi) is 6.46. The summed E-state index contributed by atoms with van der Waals surface area (Å²) in [5.74, 6) is 0. The molecule has 0 unspecified atom stereocenters. The van der Waals surface area contributed by atoms with Crippen molar-refractivity contribution in [3.05, 3.63) is 193 Å². The second-order valence-electron chi connectivity index (χ2n) is 16.0. The van der Waals surface area contributed by atoms with Gasteiger partial charge in [-0.05, 0) is 129 Å². The van der Waals surface area contributed by atoms with Crippen LogP contribution in [0.5, 0.6) is 0 Å². The van der Waals surface area contributed by atoms with Crippen LogP contribution in [0.4, 0.5) is 0 Å². The van der Waals surface area contributed by atoms with Crippen LogP contribution >= 0.6 is 0 Å². The van der Waals surface area contributed by atoms with Gasteiger partial charge >= 0.3 is 0 Å². The lowest BCUT2D eigenvalue weighted by Crippen LogP contribution is -2.15. The van der Waals surface area contributed by atoms with Crippen LogP contribution in [0.2, 0.25) is 0 Å². The fraction of sp³-hybridized carbons (Fsp3) is 0.0545. The fourth-order valence-corrected chi connectivity index (χ4v) is 10.1. The first kappa shape index (κ1) is 31.4. The van der Waals surface area contributed by atoms with Gasteiger partial charge < -0.3 is 4.42 Å². The van der Waals surface area contributed by atoms with E-state index in [-0.39, 0.29) is 5.41 Å². The van der Waals surface area contributed by atoms with E-state index in [2.05, 4.69) is 196 Å². The van der Waals surface area contributed by atoms with Gasteiger partial charge in [-0.25, -0.2) is 0 Å². The van der Waals surface area contributed by atoms with Crippen molar-refractivity contribution in [2.45, 2.75) is 19.3 Å². The minimum atomic E-state index is -0.117. The molecule has 0 spiro atoms. The topological polar surface area (TPSA) is 13.1 Å². The van der Waals surface area contributed by atoms with E-state index in [1.54, 1.807) is 0 Å². The largest absolute Gasteiger partial charge is 0.456 e. The van der Waals surface area contributed by atoms with Crippen molar-refractivity contribution < 1.29 is 4.42 Å². The third-order valence-corrected chi connectivity index (χ3v) is 12.6. The Bertz CT molecular complexity index is 3380. The zero-order valence-corrected chi connectivity index (χ0v) is 31.2. The first-order valence-electron chi connectivity index (χ1n) is 19.6. The van der Waals surface area contributed by atoms with Gasteiger partial charge in [0.15, 0.2) is 0 Å². The molecule has 1 heteroatoms. The highest BCUT2D eigenvalue weighted by Crippen LogP contribution is 2.53. The standard InChI is InChI=1S/C55H36O/c1-55(2)48-19-11-10-14-41(48)46-27-29-50-53(54(46)55)47-32-35(24-28-49(47)56-50)34-22-25-39-36(30-34)20-21-37-31-38(23-26-40(37)39)52-44-17-8-6-15-42(44)51(33-12-4-3-5-13-33)43-16-7-9-18-45(43)52/h3-32H,1-2H3. The second kappa shape index (κ2) is 11.5. The molecule has 1 nitrogen and oxygen atoms in total. The van der Waals surface area contributed by atoms with E-state index in [9.17, 15) is 0 Å². The Balaban J connectivity index is 0.986. The molecule has 11 aromatic rings. The Hall–Kier alpha value is -6.96. The number of fused-ring (bicyclic) bond motifs is 12. The van der Waals surface area contributed by atoms with E-state index in [4.69, 9.17) is 4.42 Å². The Morgan fingerprint density at radius 3 is 1.59 bits per heavy atom. The zero-order valence-electron chi connectivity index (χ0n) is 31.2. The van der Waals surface area contributed by atoms with Gasteiger partial charge in [0.1, 0.15) is 11.2 Å². The molecule has 0 bridgehead atoms. The van der Waals surface area contributed by atoms with Crippen LogP contribution in [-0.2, 0) is 5.41 Å². The molecule has 0 amide bonds. The van der Waals surface area contributed by atoms with Crippen molar-refractivity contribution in [3.8, 4) is 44.5 Å². The van der Waals surface area contributed by atoms with Gasteiger partial charge in [0, 0.05) is 16.2 Å². The molecule has 12 rings (SSSR count). The lowest BCUT2D eigenvalue weighted by atomic mass is 9.80. The van der Waals surface area contributed by atoms with Crippen molar-refractivity contribution in [3.63, 3.8) is 0 Å². The summed E-state index contributed by atoms with van der Waals surface area (Å²) in [4.78, 5) is 0. The van der Waals surface area contributed by atoms with Crippen LogP contribution in [0.3, 0.4) is 0 Å². The summed E-state index contributed by atoms with van der Waals surface area (Å²) in [6.07, 6.45) is 0. The van der Waals surface area contributed by atoms with Gasteiger partial charge in [-0.1, -0.05) is 166 Å². The fourth-order valence-electron chi connectivity index (χ4n) is 10.1. The van der Waals surface area contributed by atoms with Gasteiger partial charge in [0.2, 0.25) is 0 Å². The summed E-state index contributed by atoms with van der Waals surface area (Å²) < 4.78 is 6.49. The van der Waals surface area contributed by atoms with E-state index in [0.29, 0.717) is 0 Å².